The van der Waals surface area contributed by atoms with E-state index in [9.17, 15) is 4.79 Å². The second-order valence-corrected chi connectivity index (χ2v) is 7.09. The molecule has 1 N–H and O–H groups in total. The maximum atomic E-state index is 12.9. The van der Waals surface area contributed by atoms with Crippen molar-refractivity contribution in [1.82, 2.24) is 14.8 Å². The molecule has 0 aliphatic carbocycles. The zero-order valence-corrected chi connectivity index (χ0v) is 16.7. The number of carbonyl (C=O) groups excluding carboxylic acids is 1. The number of carbonyl (C=O) groups is 1. The van der Waals surface area contributed by atoms with Gasteiger partial charge in [-0.3, -0.25) is 4.79 Å². The molecule has 0 bridgehead atoms. The van der Waals surface area contributed by atoms with Crippen LogP contribution in [0, 0.1) is 0 Å². The van der Waals surface area contributed by atoms with Gasteiger partial charge in [-0.1, -0.05) is 13.0 Å². The fraction of sp³-hybridized carbons (Fsp3) is 0.318. The van der Waals surface area contributed by atoms with Crippen LogP contribution in [-0.2, 0) is 11.2 Å². The zero-order chi connectivity index (χ0) is 20.2. The van der Waals surface area contributed by atoms with Crippen molar-refractivity contribution in [3.8, 4) is 5.82 Å². The quantitative estimate of drug-likeness (QED) is 0.722. The van der Waals surface area contributed by atoms with Gasteiger partial charge >= 0.3 is 0 Å². The van der Waals surface area contributed by atoms with Gasteiger partial charge in [0.15, 0.2) is 5.82 Å². The molecule has 3 heterocycles. The SMILES string of the molecule is CCc1c(C(=O)Nc2ccc(N3CCO[C@H](C)C3)cc2)cnn1-c1ccccn1. The topological polar surface area (TPSA) is 72.3 Å². The summed E-state index contributed by atoms with van der Waals surface area (Å²) in [6.45, 7) is 6.57. The average molecular weight is 391 g/mol. The van der Waals surface area contributed by atoms with Crippen LogP contribution in [0.25, 0.3) is 5.82 Å². The van der Waals surface area contributed by atoms with E-state index in [1.54, 1.807) is 17.1 Å². The molecular weight excluding hydrogens is 366 g/mol. The molecule has 1 atom stereocenters. The molecule has 3 aromatic rings. The second kappa shape index (κ2) is 8.45. The molecule has 0 saturated carbocycles. The molecule has 0 radical (unpaired) electrons. The van der Waals surface area contributed by atoms with E-state index in [-0.39, 0.29) is 12.0 Å². The molecule has 1 fully saturated rings. The summed E-state index contributed by atoms with van der Waals surface area (Å²) in [5.74, 6) is 0.532. The summed E-state index contributed by atoms with van der Waals surface area (Å²) in [6.07, 6.45) is 4.22. The molecule has 150 valence electrons. The van der Waals surface area contributed by atoms with E-state index in [2.05, 4.69) is 27.2 Å². The largest absolute Gasteiger partial charge is 0.375 e. The summed E-state index contributed by atoms with van der Waals surface area (Å²) < 4.78 is 7.32. The van der Waals surface area contributed by atoms with Gasteiger partial charge in [0.2, 0.25) is 0 Å². The Hall–Kier alpha value is -3.19. The van der Waals surface area contributed by atoms with Crippen LogP contribution in [-0.4, -0.2) is 46.5 Å². The normalized spacial score (nSPS) is 16.6. The summed E-state index contributed by atoms with van der Waals surface area (Å²) in [5, 5.41) is 7.36. The van der Waals surface area contributed by atoms with Crippen LogP contribution >= 0.6 is 0 Å². The standard InChI is InChI=1S/C22H25N5O2/c1-3-20-19(14-24-27(20)21-6-4-5-11-23-21)22(28)25-17-7-9-18(10-8-17)26-12-13-29-16(2)15-26/h4-11,14,16H,3,12-13,15H2,1-2H3,(H,25,28)/t16-/m1/s1. The number of aromatic nitrogens is 3. The van der Waals surface area contributed by atoms with Crippen LogP contribution in [0.3, 0.4) is 0 Å². The van der Waals surface area contributed by atoms with Gasteiger partial charge < -0.3 is 15.0 Å². The molecule has 29 heavy (non-hydrogen) atoms. The van der Waals surface area contributed by atoms with E-state index in [1.165, 1.54) is 0 Å². The average Bonchev–Trinajstić information content (AvgIpc) is 3.19. The summed E-state index contributed by atoms with van der Waals surface area (Å²) in [7, 11) is 0. The van der Waals surface area contributed by atoms with Crippen LogP contribution in [0.1, 0.15) is 29.9 Å². The van der Waals surface area contributed by atoms with Crippen molar-refractivity contribution in [1.29, 1.82) is 0 Å². The maximum Gasteiger partial charge on any atom is 0.259 e. The van der Waals surface area contributed by atoms with E-state index in [0.29, 0.717) is 17.8 Å². The zero-order valence-electron chi connectivity index (χ0n) is 16.7. The fourth-order valence-corrected chi connectivity index (χ4v) is 3.59. The minimum atomic E-state index is -0.170. The molecule has 0 spiro atoms. The first kappa shape index (κ1) is 19.1. The highest BCUT2D eigenvalue weighted by molar-refractivity contribution is 6.05. The lowest BCUT2D eigenvalue weighted by molar-refractivity contribution is 0.0532. The number of morpholine rings is 1. The van der Waals surface area contributed by atoms with Crippen molar-refractivity contribution in [2.45, 2.75) is 26.4 Å². The minimum absolute atomic E-state index is 0.170. The Morgan fingerprint density at radius 3 is 2.76 bits per heavy atom. The van der Waals surface area contributed by atoms with Crippen LogP contribution in [0.2, 0.25) is 0 Å². The Bertz CT molecular complexity index is 969. The van der Waals surface area contributed by atoms with Gasteiger partial charge in [-0.25, -0.2) is 9.67 Å². The number of benzene rings is 1. The van der Waals surface area contributed by atoms with Gasteiger partial charge in [-0.05, 0) is 49.7 Å². The third-order valence-electron chi connectivity index (χ3n) is 5.05. The molecule has 1 amide bonds. The van der Waals surface area contributed by atoms with Crippen LogP contribution < -0.4 is 10.2 Å². The lowest BCUT2D eigenvalue weighted by Crippen LogP contribution is -2.41. The van der Waals surface area contributed by atoms with E-state index >= 15 is 0 Å². The molecule has 2 aromatic heterocycles. The lowest BCUT2D eigenvalue weighted by Gasteiger charge is -2.33. The molecule has 7 heteroatoms. The third kappa shape index (κ3) is 4.14. The number of nitrogens with zero attached hydrogens (tertiary/aromatic N) is 4. The van der Waals surface area contributed by atoms with Crippen molar-refractivity contribution in [2.75, 3.05) is 29.9 Å². The van der Waals surface area contributed by atoms with Crippen LogP contribution in [0.4, 0.5) is 11.4 Å². The summed E-state index contributed by atoms with van der Waals surface area (Å²) >= 11 is 0. The predicted octanol–water partition coefficient (Wildman–Crippen LogP) is 3.31. The van der Waals surface area contributed by atoms with Gasteiger partial charge in [0.05, 0.1) is 30.2 Å². The highest BCUT2D eigenvalue weighted by Crippen LogP contribution is 2.22. The Balaban J connectivity index is 1.49. The second-order valence-electron chi connectivity index (χ2n) is 7.09. The fourth-order valence-electron chi connectivity index (χ4n) is 3.59. The molecule has 7 nitrogen and oxygen atoms in total. The highest BCUT2D eigenvalue weighted by atomic mass is 16.5. The van der Waals surface area contributed by atoms with Crippen LogP contribution in [0.5, 0.6) is 0 Å². The molecule has 0 unspecified atom stereocenters. The number of amides is 1. The number of pyridine rings is 1. The molecule has 1 aliphatic heterocycles. The third-order valence-corrected chi connectivity index (χ3v) is 5.05. The van der Waals surface area contributed by atoms with Crippen molar-refractivity contribution < 1.29 is 9.53 Å². The minimum Gasteiger partial charge on any atom is -0.375 e. The van der Waals surface area contributed by atoms with Crippen molar-refractivity contribution in [3.63, 3.8) is 0 Å². The predicted molar refractivity (Wildman–Crippen MR) is 113 cm³/mol. The van der Waals surface area contributed by atoms with Crippen LogP contribution in [0.15, 0.2) is 54.9 Å². The number of ether oxygens (including phenoxy) is 1. The number of hydrogen-bond donors (Lipinski definition) is 1. The highest BCUT2D eigenvalue weighted by Gasteiger charge is 2.19. The van der Waals surface area contributed by atoms with Gasteiger partial charge in [0, 0.05) is 30.7 Å². The summed E-state index contributed by atoms with van der Waals surface area (Å²) in [6, 6.07) is 13.6. The molecule has 1 aromatic carbocycles. The van der Waals surface area contributed by atoms with Gasteiger partial charge in [-0.15, -0.1) is 0 Å². The molecule has 1 aliphatic rings. The number of anilines is 2. The Morgan fingerprint density at radius 1 is 1.24 bits per heavy atom. The summed E-state index contributed by atoms with van der Waals surface area (Å²) in [5.41, 5.74) is 3.28. The molecule has 4 rings (SSSR count). The Labute approximate surface area is 170 Å². The van der Waals surface area contributed by atoms with E-state index in [1.807, 2.05) is 49.4 Å². The number of rotatable bonds is 5. The first-order chi connectivity index (χ1) is 14.2. The first-order valence-electron chi connectivity index (χ1n) is 9.92. The van der Waals surface area contributed by atoms with Gasteiger partial charge in [0.1, 0.15) is 0 Å². The number of nitrogens with one attached hydrogen (secondary N) is 1. The van der Waals surface area contributed by atoms with E-state index < -0.39 is 0 Å². The summed E-state index contributed by atoms with van der Waals surface area (Å²) in [4.78, 5) is 19.5. The first-order valence-corrected chi connectivity index (χ1v) is 9.92. The van der Waals surface area contributed by atoms with Gasteiger partial charge in [0.25, 0.3) is 5.91 Å². The molecular formula is C22H25N5O2. The molecule has 1 saturated heterocycles. The Kier molecular flexibility index (Phi) is 5.57. The maximum absolute atomic E-state index is 12.9. The van der Waals surface area contributed by atoms with Crippen molar-refractivity contribution >= 4 is 17.3 Å². The monoisotopic (exact) mass is 391 g/mol. The van der Waals surface area contributed by atoms with E-state index in [0.717, 1.165) is 36.8 Å². The van der Waals surface area contributed by atoms with Gasteiger partial charge in [-0.2, -0.15) is 5.10 Å². The van der Waals surface area contributed by atoms with Crippen molar-refractivity contribution in [3.05, 3.63) is 66.1 Å². The van der Waals surface area contributed by atoms with E-state index in [4.69, 9.17) is 4.74 Å². The number of hydrogen-bond acceptors (Lipinski definition) is 5. The Morgan fingerprint density at radius 2 is 2.07 bits per heavy atom. The smallest absolute Gasteiger partial charge is 0.259 e. The lowest BCUT2D eigenvalue weighted by atomic mass is 10.1. The van der Waals surface area contributed by atoms with Crippen molar-refractivity contribution in [2.24, 2.45) is 0 Å².